The van der Waals surface area contributed by atoms with Crippen molar-refractivity contribution in [2.24, 2.45) is 0 Å². The quantitative estimate of drug-likeness (QED) is 0.442. The van der Waals surface area contributed by atoms with Crippen LogP contribution in [-0.4, -0.2) is 10.1 Å². The Kier molecular flexibility index (Phi) is 6.12. The number of phenols is 1. The lowest BCUT2D eigenvalue weighted by Gasteiger charge is -2.22. The van der Waals surface area contributed by atoms with Crippen LogP contribution >= 0.6 is 0 Å². The molecule has 2 aromatic carbocycles. The van der Waals surface area contributed by atoms with Gasteiger partial charge in [-0.1, -0.05) is 48.6 Å². The second kappa shape index (κ2) is 8.99. The number of benzene rings is 2. The molecule has 1 N–H and O–H groups in total. The van der Waals surface area contributed by atoms with Gasteiger partial charge >= 0.3 is 6.18 Å². The van der Waals surface area contributed by atoms with E-state index in [1.54, 1.807) is 18.3 Å². The number of aromatic hydroxyl groups is 1. The lowest BCUT2D eigenvalue weighted by molar-refractivity contribution is -0.137. The molecule has 1 unspecified atom stereocenters. The number of pyridine rings is 1. The summed E-state index contributed by atoms with van der Waals surface area (Å²) in [6, 6.07) is 11.6. The lowest BCUT2D eigenvalue weighted by atomic mass is 9.83. The Morgan fingerprint density at radius 2 is 1.81 bits per heavy atom. The van der Waals surface area contributed by atoms with Crippen molar-refractivity contribution in [3.05, 3.63) is 112 Å². The summed E-state index contributed by atoms with van der Waals surface area (Å²) >= 11 is 0. The van der Waals surface area contributed by atoms with Gasteiger partial charge in [0.05, 0.1) is 5.56 Å². The average Bonchev–Trinajstić information content (AvgIpc) is 3.02. The highest BCUT2D eigenvalue weighted by atomic mass is 19.4. The molecule has 3 aromatic rings. The van der Waals surface area contributed by atoms with Crippen molar-refractivity contribution in [3.8, 4) is 5.75 Å². The molecule has 6 heteroatoms. The van der Waals surface area contributed by atoms with Gasteiger partial charge in [-0.15, -0.1) is 0 Å². The Morgan fingerprint density at radius 3 is 2.53 bits per heavy atom. The van der Waals surface area contributed by atoms with Gasteiger partial charge in [-0.2, -0.15) is 13.2 Å². The first-order valence-electron chi connectivity index (χ1n) is 10.3. The number of aromatic nitrogens is 1. The first kappa shape index (κ1) is 21.8. The molecule has 0 fully saturated rings. The second-order valence-corrected chi connectivity index (χ2v) is 7.71. The van der Waals surface area contributed by atoms with Crippen LogP contribution in [0.4, 0.5) is 17.6 Å². The van der Waals surface area contributed by atoms with Crippen molar-refractivity contribution in [1.29, 1.82) is 0 Å². The number of alkyl halides is 3. The number of rotatable bonds is 5. The van der Waals surface area contributed by atoms with Gasteiger partial charge in [-0.3, -0.25) is 4.98 Å². The molecule has 0 bridgehead atoms. The molecule has 0 amide bonds. The number of nitrogens with zero attached hydrogens (tertiary/aromatic N) is 1. The molecular weight excluding hydrogens is 418 g/mol. The van der Waals surface area contributed by atoms with Crippen molar-refractivity contribution in [2.45, 2.75) is 31.4 Å². The van der Waals surface area contributed by atoms with Gasteiger partial charge in [0, 0.05) is 28.9 Å². The van der Waals surface area contributed by atoms with E-state index >= 15 is 0 Å². The van der Waals surface area contributed by atoms with Crippen LogP contribution in [0.2, 0.25) is 0 Å². The predicted octanol–water partition coefficient (Wildman–Crippen LogP) is 6.84. The van der Waals surface area contributed by atoms with E-state index in [2.05, 4.69) is 4.98 Å². The van der Waals surface area contributed by atoms with Crippen molar-refractivity contribution < 1.29 is 22.7 Å². The topological polar surface area (TPSA) is 33.1 Å². The molecule has 1 aromatic heterocycles. The van der Waals surface area contributed by atoms with Crippen molar-refractivity contribution >= 4 is 6.08 Å². The number of hydrogen-bond donors (Lipinski definition) is 1. The Morgan fingerprint density at radius 1 is 1.00 bits per heavy atom. The minimum absolute atomic E-state index is 0.0454. The van der Waals surface area contributed by atoms with Gasteiger partial charge in [0.25, 0.3) is 0 Å². The van der Waals surface area contributed by atoms with E-state index in [0.29, 0.717) is 36.5 Å². The molecule has 4 rings (SSSR count). The molecular formula is C26H21F4NO. The summed E-state index contributed by atoms with van der Waals surface area (Å²) < 4.78 is 54.1. The maximum Gasteiger partial charge on any atom is 0.416 e. The van der Waals surface area contributed by atoms with E-state index in [0.717, 1.165) is 17.3 Å². The van der Waals surface area contributed by atoms with Crippen LogP contribution < -0.4 is 0 Å². The summed E-state index contributed by atoms with van der Waals surface area (Å²) in [6.45, 7) is 0. The van der Waals surface area contributed by atoms with Crippen LogP contribution in [-0.2, 0) is 19.0 Å². The van der Waals surface area contributed by atoms with Gasteiger partial charge in [0.1, 0.15) is 11.6 Å². The fourth-order valence-corrected chi connectivity index (χ4v) is 4.05. The fourth-order valence-electron chi connectivity index (χ4n) is 4.05. The molecule has 1 aliphatic rings. The number of allylic oxidation sites excluding steroid dienone is 3. The Bertz CT molecular complexity index is 1170. The monoisotopic (exact) mass is 439 g/mol. The molecule has 32 heavy (non-hydrogen) atoms. The zero-order valence-electron chi connectivity index (χ0n) is 17.1. The van der Waals surface area contributed by atoms with Crippen LogP contribution in [0, 0.1) is 5.82 Å². The predicted molar refractivity (Wildman–Crippen MR) is 116 cm³/mol. The van der Waals surface area contributed by atoms with Crippen LogP contribution in [0.25, 0.3) is 6.08 Å². The minimum atomic E-state index is -4.63. The van der Waals surface area contributed by atoms with Crippen molar-refractivity contribution in [2.75, 3.05) is 0 Å². The Labute approximate surface area is 183 Å². The molecule has 0 saturated carbocycles. The smallest absolute Gasteiger partial charge is 0.416 e. The summed E-state index contributed by atoms with van der Waals surface area (Å²) in [4.78, 5) is 4.29. The summed E-state index contributed by atoms with van der Waals surface area (Å²) in [5.74, 6) is -1.54. The third kappa shape index (κ3) is 4.59. The van der Waals surface area contributed by atoms with E-state index in [1.165, 1.54) is 6.07 Å². The zero-order valence-corrected chi connectivity index (χ0v) is 17.1. The highest BCUT2D eigenvalue weighted by Gasteiger charge is 2.32. The number of halogens is 4. The second-order valence-electron chi connectivity index (χ2n) is 7.71. The van der Waals surface area contributed by atoms with Crippen LogP contribution in [0.15, 0.2) is 73.0 Å². The molecule has 0 aliphatic heterocycles. The van der Waals surface area contributed by atoms with Gasteiger partial charge in [0.2, 0.25) is 0 Å². The van der Waals surface area contributed by atoms with E-state index < -0.39 is 23.5 Å². The third-order valence-electron chi connectivity index (χ3n) is 5.69. The molecule has 1 heterocycles. The first-order valence-corrected chi connectivity index (χ1v) is 10.3. The minimum Gasteiger partial charge on any atom is -0.507 e. The highest BCUT2D eigenvalue weighted by Crippen LogP contribution is 2.41. The zero-order chi connectivity index (χ0) is 22.7. The van der Waals surface area contributed by atoms with Crippen LogP contribution in [0.1, 0.15) is 45.8 Å². The van der Waals surface area contributed by atoms with Crippen LogP contribution in [0.5, 0.6) is 5.75 Å². The number of aryl methyl sites for hydroxylation is 1. The maximum absolute atomic E-state index is 15.0. The van der Waals surface area contributed by atoms with Gasteiger partial charge in [0.15, 0.2) is 0 Å². The molecule has 2 nitrogen and oxygen atoms in total. The van der Waals surface area contributed by atoms with Crippen molar-refractivity contribution in [3.63, 3.8) is 0 Å². The molecule has 0 spiro atoms. The number of hydrogen-bond acceptors (Lipinski definition) is 2. The number of fused-ring (bicyclic) bond motifs is 1. The molecule has 1 aliphatic carbocycles. The fraction of sp³-hybridized carbons (Fsp3) is 0.192. The van der Waals surface area contributed by atoms with Crippen LogP contribution in [0.3, 0.4) is 0 Å². The molecule has 1 atom stereocenters. The SMILES string of the molecule is Oc1c(C(CCc2ccccn2)c2ccc(C(F)(F)F)cc2F)ccc2c1CC=CC=C2. The Hall–Kier alpha value is -3.41. The largest absolute Gasteiger partial charge is 0.507 e. The Balaban J connectivity index is 1.78. The van der Waals surface area contributed by atoms with Crippen molar-refractivity contribution in [1.82, 2.24) is 4.98 Å². The van der Waals surface area contributed by atoms with E-state index in [4.69, 9.17) is 0 Å². The van der Waals surface area contributed by atoms with Gasteiger partial charge in [-0.05, 0) is 54.7 Å². The standard InChI is InChI=1S/C26H21F4NO/c27-24-16-18(26(28,29)30)10-13-22(24)21(14-11-19-7-4-5-15-31-19)23-12-9-17-6-2-1-3-8-20(17)25(23)32/h1-7,9-10,12-13,15-16,21,32H,8,11,14H2. The van der Waals surface area contributed by atoms with Gasteiger partial charge < -0.3 is 5.11 Å². The van der Waals surface area contributed by atoms with E-state index in [-0.39, 0.29) is 11.3 Å². The molecule has 0 saturated heterocycles. The summed E-state index contributed by atoms with van der Waals surface area (Å²) in [6.07, 6.45) is 5.92. The average molecular weight is 439 g/mol. The summed E-state index contributed by atoms with van der Waals surface area (Å²) in [5, 5.41) is 11.1. The normalized spacial score (nSPS) is 14.1. The van der Waals surface area contributed by atoms with Gasteiger partial charge in [-0.25, -0.2) is 4.39 Å². The molecule has 0 radical (unpaired) electrons. The summed E-state index contributed by atoms with van der Waals surface area (Å²) in [5.41, 5.74) is 1.91. The molecule has 164 valence electrons. The summed E-state index contributed by atoms with van der Waals surface area (Å²) in [7, 11) is 0. The van der Waals surface area contributed by atoms with E-state index in [9.17, 15) is 22.7 Å². The number of phenolic OH excluding ortho intramolecular Hbond substituents is 1. The lowest BCUT2D eigenvalue weighted by Crippen LogP contribution is -2.11. The van der Waals surface area contributed by atoms with E-state index in [1.807, 2.05) is 42.5 Å². The third-order valence-corrected chi connectivity index (χ3v) is 5.69. The maximum atomic E-state index is 15.0. The first-order chi connectivity index (χ1) is 15.3. The highest BCUT2D eigenvalue weighted by molar-refractivity contribution is 5.63.